The fourth-order valence-corrected chi connectivity index (χ4v) is 3.79. The number of hydrogen-bond acceptors (Lipinski definition) is 8. The minimum Gasteiger partial charge on any atom is -0.234 e. The summed E-state index contributed by atoms with van der Waals surface area (Å²) in [6.07, 6.45) is 0. The first-order valence-electron chi connectivity index (χ1n) is 10.2. The average Bonchev–Trinajstić information content (AvgIpc) is 2.82. The topological polar surface area (TPSA) is 162 Å². The van der Waals surface area contributed by atoms with E-state index in [0.29, 0.717) is 43.7 Å². The predicted molar refractivity (Wildman–Crippen MR) is 135 cm³/mol. The Kier molecular flexibility index (Phi) is 6.90. The first kappa shape index (κ1) is 24.7. The molecule has 0 aliphatic carbocycles. The second-order valence-electron chi connectivity index (χ2n) is 7.49. The smallest absolute Gasteiger partial charge is 0.234 e. The molecule has 4 aromatic rings. The molecule has 2 aromatic heterocycles. The van der Waals surface area contributed by atoms with Gasteiger partial charge in [-0.25, -0.2) is 40.2 Å². The molecule has 0 aliphatic rings. The number of aromatic nitrogens is 4. The van der Waals surface area contributed by atoms with E-state index >= 15 is 0 Å². The highest BCUT2D eigenvalue weighted by atomic mass is 35.5. The lowest BCUT2D eigenvalue weighted by atomic mass is 9.99. The maximum Gasteiger partial charge on any atom is 0.286 e. The molecule has 0 fully saturated rings. The van der Waals surface area contributed by atoms with Gasteiger partial charge in [0.25, 0.3) is 11.9 Å². The summed E-state index contributed by atoms with van der Waals surface area (Å²) in [6.45, 7) is 3.44. The zero-order valence-corrected chi connectivity index (χ0v) is 20.2. The molecule has 0 radical (unpaired) electrons. The van der Waals surface area contributed by atoms with Gasteiger partial charge in [-0.05, 0) is 38.1 Å². The first-order valence-corrected chi connectivity index (χ1v) is 11.0. The minimum atomic E-state index is -0.786. The van der Waals surface area contributed by atoms with E-state index in [1.54, 1.807) is 62.4 Å². The highest BCUT2D eigenvalue weighted by Gasteiger charge is 2.23. The SMILES string of the molecule is Cc1c(-c2ccc(Cl)cc2)nc(N[N+](=O)[O-])nc1-c1nc(N[N+](=O)[O-])nc(-c2ccc(Cl)cc2)c1C. The summed E-state index contributed by atoms with van der Waals surface area (Å²) in [5.41, 5.74) is 7.47. The Morgan fingerprint density at radius 3 is 1.22 bits per heavy atom. The van der Waals surface area contributed by atoms with Crippen molar-refractivity contribution in [3.63, 3.8) is 0 Å². The van der Waals surface area contributed by atoms with E-state index in [-0.39, 0.29) is 23.3 Å². The second kappa shape index (κ2) is 10.1. The van der Waals surface area contributed by atoms with Crippen molar-refractivity contribution in [1.29, 1.82) is 0 Å². The van der Waals surface area contributed by atoms with Gasteiger partial charge in [-0.1, -0.05) is 58.3 Å². The zero-order chi connectivity index (χ0) is 26.0. The Bertz CT molecular complexity index is 1370. The standard InChI is InChI=1S/C22H16Cl2N8O4/c1-11-17(13-3-7-15(23)8-4-13)25-21(29-31(33)34)27-19(11)20-12(2)18(14-5-9-16(24)10-6-14)26-22(28-20)30-32(35)36/h3-10H,1-2H3,(H,25,27,29)(H,26,28,30). The second-order valence-corrected chi connectivity index (χ2v) is 8.36. The number of nitro groups is 2. The molecule has 0 atom stereocenters. The summed E-state index contributed by atoms with van der Waals surface area (Å²) in [5.74, 6) is -0.583. The third kappa shape index (κ3) is 5.29. The number of hydrogen-bond donors (Lipinski definition) is 2. The van der Waals surface area contributed by atoms with Crippen LogP contribution in [0.15, 0.2) is 48.5 Å². The van der Waals surface area contributed by atoms with Gasteiger partial charge in [0, 0.05) is 32.3 Å². The van der Waals surface area contributed by atoms with Crippen LogP contribution in [0.5, 0.6) is 0 Å². The van der Waals surface area contributed by atoms with Crippen molar-refractivity contribution in [2.75, 3.05) is 10.9 Å². The molecule has 12 nitrogen and oxygen atoms in total. The third-order valence-electron chi connectivity index (χ3n) is 5.13. The fourth-order valence-electron chi connectivity index (χ4n) is 3.54. The Balaban J connectivity index is 2.00. The van der Waals surface area contributed by atoms with Crippen molar-refractivity contribution in [2.24, 2.45) is 0 Å². The lowest BCUT2D eigenvalue weighted by molar-refractivity contribution is -0.446. The Labute approximate surface area is 213 Å². The molecule has 4 rings (SSSR count). The summed E-state index contributed by atoms with van der Waals surface area (Å²) >= 11 is 12.0. The van der Waals surface area contributed by atoms with Gasteiger partial charge in [0.15, 0.2) is 10.1 Å². The van der Waals surface area contributed by atoms with E-state index in [2.05, 4.69) is 19.9 Å². The molecule has 182 valence electrons. The number of rotatable bonds is 7. The lowest BCUT2D eigenvalue weighted by Crippen LogP contribution is -2.15. The van der Waals surface area contributed by atoms with Gasteiger partial charge < -0.3 is 0 Å². The van der Waals surface area contributed by atoms with Crippen LogP contribution in [0.3, 0.4) is 0 Å². The van der Waals surface area contributed by atoms with E-state index in [4.69, 9.17) is 23.2 Å². The quantitative estimate of drug-likeness (QED) is 0.235. The van der Waals surface area contributed by atoms with Crippen molar-refractivity contribution >= 4 is 35.1 Å². The van der Waals surface area contributed by atoms with Crippen LogP contribution in [-0.2, 0) is 0 Å². The summed E-state index contributed by atoms with van der Waals surface area (Å²) in [7, 11) is 0. The molecule has 36 heavy (non-hydrogen) atoms. The highest BCUT2D eigenvalue weighted by molar-refractivity contribution is 6.30. The zero-order valence-electron chi connectivity index (χ0n) is 18.7. The summed E-state index contributed by atoms with van der Waals surface area (Å²) in [4.78, 5) is 39.6. The van der Waals surface area contributed by atoms with Gasteiger partial charge in [-0.3, -0.25) is 0 Å². The molecule has 0 saturated carbocycles. The first-order chi connectivity index (χ1) is 17.1. The molecular weight excluding hydrogens is 511 g/mol. The summed E-state index contributed by atoms with van der Waals surface area (Å²) < 4.78 is 0. The third-order valence-corrected chi connectivity index (χ3v) is 5.64. The fraction of sp³-hybridized carbons (Fsp3) is 0.0909. The predicted octanol–water partition coefficient (Wildman–Crippen LogP) is 5.40. The van der Waals surface area contributed by atoms with Crippen molar-refractivity contribution < 1.29 is 10.1 Å². The minimum absolute atomic E-state index is 0.223. The van der Waals surface area contributed by atoms with Gasteiger partial charge in [0.05, 0.1) is 22.8 Å². The molecule has 0 aliphatic heterocycles. The number of anilines is 2. The molecule has 0 unspecified atom stereocenters. The maximum atomic E-state index is 11.2. The normalized spacial score (nSPS) is 10.7. The van der Waals surface area contributed by atoms with Crippen LogP contribution in [0.2, 0.25) is 10.0 Å². The monoisotopic (exact) mass is 526 g/mol. The molecule has 0 bridgehead atoms. The van der Waals surface area contributed by atoms with E-state index in [0.717, 1.165) is 0 Å². The van der Waals surface area contributed by atoms with Crippen LogP contribution in [-0.4, -0.2) is 30.0 Å². The molecule has 2 heterocycles. The van der Waals surface area contributed by atoms with Crippen molar-refractivity contribution in [3.05, 3.63) is 89.9 Å². The van der Waals surface area contributed by atoms with Crippen LogP contribution >= 0.6 is 23.2 Å². The van der Waals surface area contributed by atoms with E-state index in [1.807, 2.05) is 10.9 Å². The van der Waals surface area contributed by atoms with E-state index in [9.17, 15) is 20.2 Å². The van der Waals surface area contributed by atoms with Crippen LogP contribution in [0.25, 0.3) is 33.9 Å². The van der Waals surface area contributed by atoms with Gasteiger partial charge in [-0.15, -0.1) is 0 Å². The van der Waals surface area contributed by atoms with Crippen molar-refractivity contribution in [2.45, 2.75) is 13.8 Å². The number of halogens is 2. The molecule has 0 saturated heterocycles. The summed E-state index contributed by atoms with van der Waals surface area (Å²) in [6, 6.07) is 13.5. The van der Waals surface area contributed by atoms with Crippen molar-refractivity contribution in [1.82, 2.24) is 19.9 Å². The summed E-state index contributed by atoms with van der Waals surface area (Å²) in [5, 5.41) is 21.8. The number of nitrogens with one attached hydrogen (secondary N) is 2. The van der Waals surface area contributed by atoms with Crippen molar-refractivity contribution in [3.8, 4) is 33.9 Å². The largest absolute Gasteiger partial charge is 0.286 e. The van der Waals surface area contributed by atoms with Gasteiger partial charge >= 0.3 is 0 Å². The maximum absolute atomic E-state index is 11.2. The average molecular weight is 527 g/mol. The number of hydrazine groups is 2. The van der Waals surface area contributed by atoms with Gasteiger partial charge in [0.1, 0.15) is 0 Å². The van der Waals surface area contributed by atoms with Gasteiger partial charge in [-0.2, -0.15) is 0 Å². The van der Waals surface area contributed by atoms with Crippen LogP contribution < -0.4 is 10.9 Å². The number of nitrogens with zero attached hydrogens (tertiary/aromatic N) is 6. The molecule has 2 N–H and O–H groups in total. The van der Waals surface area contributed by atoms with Gasteiger partial charge in [0.2, 0.25) is 0 Å². The Hall–Kier alpha value is -4.42. The molecule has 2 aromatic carbocycles. The van der Waals surface area contributed by atoms with E-state index in [1.165, 1.54) is 0 Å². The Morgan fingerprint density at radius 1 is 0.611 bits per heavy atom. The molecular formula is C22H16Cl2N8O4. The van der Waals surface area contributed by atoms with Crippen LogP contribution in [0, 0.1) is 34.1 Å². The molecule has 0 amide bonds. The highest BCUT2D eigenvalue weighted by Crippen LogP contribution is 2.35. The Morgan fingerprint density at radius 2 is 0.917 bits per heavy atom. The lowest BCUT2D eigenvalue weighted by Gasteiger charge is -2.15. The number of benzene rings is 2. The molecule has 0 spiro atoms. The molecule has 14 heteroatoms. The van der Waals surface area contributed by atoms with Crippen LogP contribution in [0.4, 0.5) is 11.9 Å². The van der Waals surface area contributed by atoms with E-state index < -0.39 is 10.1 Å². The van der Waals surface area contributed by atoms with Crippen LogP contribution in [0.1, 0.15) is 11.1 Å².